The minimum atomic E-state index is -0.137. The van der Waals surface area contributed by atoms with Gasteiger partial charge in [-0.1, -0.05) is 84.4 Å². The Morgan fingerprint density at radius 3 is 2.27 bits per heavy atom. The summed E-state index contributed by atoms with van der Waals surface area (Å²) in [5, 5.41) is 0. The van der Waals surface area contributed by atoms with Crippen LogP contribution in [0.1, 0.15) is 50.6 Å². The van der Waals surface area contributed by atoms with Gasteiger partial charge in [0.15, 0.2) is 0 Å². The number of ether oxygens (including phenoxy) is 2. The highest BCUT2D eigenvalue weighted by molar-refractivity contribution is 6.09. The first-order valence-electron chi connectivity index (χ1n) is 14.0. The molecule has 1 aromatic heterocycles. The van der Waals surface area contributed by atoms with Crippen molar-refractivity contribution < 1.29 is 14.3 Å². The number of aromatic nitrogens is 1. The summed E-state index contributed by atoms with van der Waals surface area (Å²) in [5.41, 5.74) is 6.89. The number of pyridine rings is 1. The average Bonchev–Trinajstić information content (AvgIpc) is 3.03. The smallest absolute Gasteiger partial charge is 0.262 e. The fourth-order valence-electron chi connectivity index (χ4n) is 5.37. The molecule has 204 valence electrons. The monoisotopic (exact) mass is 540 g/mol. The van der Waals surface area contributed by atoms with Gasteiger partial charge in [0, 0.05) is 24.1 Å². The second-order valence-electron chi connectivity index (χ2n) is 10.4. The quantitative estimate of drug-likeness (QED) is 0.201. The molecule has 0 saturated heterocycles. The van der Waals surface area contributed by atoms with Crippen molar-refractivity contribution >= 4 is 11.6 Å². The minimum absolute atomic E-state index is 0.110. The van der Waals surface area contributed by atoms with Gasteiger partial charge in [0.05, 0.1) is 11.6 Å². The predicted octanol–water partition coefficient (Wildman–Crippen LogP) is 7.88. The number of hydrogen-bond donors (Lipinski definition) is 0. The van der Waals surface area contributed by atoms with Gasteiger partial charge in [-0.25, -0.2) is 0 Å². The van der Waals surface area contributed by atoms with Crippen LogP contribution in [0.2, 0.25) is 0 Å². The number of nitrogens with zero attached hydrogens (tertiary/aromatic N) is 2. The Labute approximate surface area is 241 Å². The summed E-state index contributed by atoms with van der Waals surface area (Å²) in [6.07, 6.45) is 5.33. The number of hydrogen-bond acceptors (Lipinski definition) is 4. The molecule has 5 heteroatoms. The normalized spacial score (nSPS) is 14.3. The second kappa shape index (κ2) is 12.1. The average molecular weight is 541 g/mol. The Bertz CT molecular complexity index is 1620. The molecule has 5 aromatic rings. The summed E-state index contributed by atoms with van der Waals surface area (Å²) in [6, 6.07) is 35.6. The molecule has 0 radical (unpaired) electrons. The lowest BCUT2D eigenvalue weighted by Crippen LogP contribution is -2.38. The molecule has 1 atom stereocenters. The third kappa shape index (κ3) is 5.99. The molecule has 0 spiro atoms. The number of fused-ring (bicyclic) bond motifs is 1. The fourth-order valence-corrected chi connectivity index (χ4v) is 5.37. The van der Waals surface area contributed by atoms with E-state index in [1.54, 1.807) is 6.20 Å². The summed E-state index contributed by atoms with van der Waals surface area (Å²) in [4.78, 5) is 20.8. The zero-order valence-corrected chi connectivity index (χ0v) is 23.1. The third-order valence-corrected chi connectivity index (χ3v) is 7.45. The zero-order valence-electron chi connectivity index (χ0n) is 23.1. The van der Waals surface area contributed by atoms with E-state index < -0.39 is 0 Å². The van der Waals surface area contributed by atoms with Gasteiger partial charge in [-0.15, -0.1) is 0 Å². The summed E-state index contributed by atoms with van der Waals surface area (Å²) >= 11 is 0. The van der Waals surface area contributed by atoms with Crippen molar-refractivity contribution in [3.05, 3.63) is 155 Å². The number of carbonyl (C=O) groups excluding carboxylic acids is 1. The van der Waals surface area contributed by atoms with Crippen LogP contribution in [0.15, 0.2) is 122 Å². The molecule has 0 saturated carbocycles. The summed E-state index contributed by atoms with van der Waals surface area (Å²) in [6.45, 7) is 2.85. The van der Waals surface area contributed by atoms with Gasteiger partial charge < -0.3 is 14.4 Å². The number of benzene rings is 4. The van der Waals surface area contributed by atoms with Crippen LogP contribution in [0.4, 0.5) is 5.69 Å². The van der Waals surface area contributed by atoms with E-state index in [9.17, 15) is 4.79 Å². The highest BCUT2D eigenvalue weighted by Gasteiger charge is 2.34. The van der Waals surface area contributed by atoms with Gasteiger partial charge in [0.2, 0.25) is 0 Å². The Morgan fingerprint density at radius 2 is 1.56 bits per heavy atom. The van der Waals surface area contributed by atoms with E-state index in [2.05, 4.69) is 30.1 Å². The molecule has 0 fully saturated rings. The second-order valence-corrected chi connectivity index (χ2v) is 10.4. The lowest BCUT2D eigenvalue weighted by molar-refractivity contribution is 0.0968. The van der Waals surface area contributed by atoms with Crippen LogP contribution in [0, 0.1) is 6.92 Å². The molecule has 2 heterocycles. The molecule has 0 N–H and O–H groups in total. The van der Waals surface area contributed by atoms with Crippen LogP contribution in [0.5, 0.6) is 11.5 Å². The molecule has 6 rings (SSSR count). The number of rotatable bonds is 8. The van der Waals surface area contributed by atoms with E-state index in [0.717, 1.165) is 35.2 Å². The van der Waals surface area contributed by atoms with Crippen molar-refractivity contribution in [1.82, 2.24) is 4.98 Å². The van der Waals surface area contributed by atoms with Gasteiger partial charge in [0.1, 0.15) is 24.7 Å². The Balaban J connectivity index is 1.37. The predicted molar refractivity (Wildman–Crippen MR) is 161 cm³/mol. The Morgan fingerprint density at radius 1 is 0.829 bits per heavy atom. The van der Waals surface area contributed by atoms with E-state index in [1.165, 1.54) is 11.1 Å². The van der Waals surface area contributed by atoms with Gasteiger partial charge in [0.25, 0.3) is 5.91 Å². The maximum absolute atomic E-state index is 14.5. The van der Waals surface area contributed by atoms with E-state index in [-0.39, 0.29) is 11.9 Å². The van der Waals surface area contributed by atoms with Gasteiger partial charge in [-0.05, 0) is 66.3 Å². The van der Waals surface area contributed by atoms with Crippen molar-refractivity contribution in [2.45, 2.75) is 39.0 Å². The van der Waals surface area contributed by atoms with Crippen LogP contribution in [0.25, 0.3) is 0 Å². The topological polar surface area (TPSA) is 51.7 Å². The Hall–Kier alpha value is -4.90. The molecule has 5 nitrogen and oxygen atoms in total. The lowest BCUT2D eigenvalue weighted by Gasteiger charge is -2.38. The van der Waals surface area contributed by atoms with Crippen LogP contribution in [0.3, 0.4) is 0 Å². The van der Waals surface area contributed by atoms with E-state index in [0.29, 0.717) is 30.3 Å². The molecule has 4 aromatic carbocycles. The van der Waals surface area contributed by atoms with Gasteiger partial charge in [-0.3, -0.25) is 9.78 Å². The molecule has 0 bridgehead atoms. The summed E-state index contributed by atoms with van der Waals surface area (Å²) < 4.78 is 12.4. The molecule has 0 aliphatic carbocycles. The summed E-state index contributed by atoms with van der Waals surface area (Å²) in [5.74, 6) is 1.03. The highest BCUT2D eigenvalue weighted by Crippen LogP contribution is 2.41. The lowest BCUT2D eigenvalue weighted by atomic mass is 9.90. The first kappa shape index (κ1) is 26.3. The fraction of sp³-hybridized carbons (Fsp3) is 0.167. The van der Waals surface area contributed by atoms with Crippen molar-refractivity contribution in [3.63, 3.8) is 0 Å². The molecule has 41 heavy (non-hydrogen) atoms. The van der Waals surface area contributed by atoms with Crippen molar-refractivity contribution in [3.8, 4) is 11.5 Å². The van der Waals surface area contributed by atoms with E-state index >= 15 is 0 Å². The molecular formula is C36H32N2O3. The first-order chi connectivity index (χ1) is 20.2. The van der Waals surface area contributed by atoms with Crippen molar-refractivity contribution in [2.24, 2.45) is 0 Å². The third-order valence-electron chi connectivity index (χ3n) is 7.45. The summed E-state index contributed by atoms with van der Waals surface area (Å²) in [7, 11) is 0. The molecule has 1 aliphatic rings. The van der Waals surface area contributed by atoms with Crippen molar-refractivity contribution in [1.29, 1.82) is 0 Å². The van der Waals surface area contributed by atoms with Gasteiger partial charge >= 0.3 is 0 Å². The maximum Gasteiger partial charge on any atom is 0.262 e. The number of anilines is 1. The largest absolute Gasteiger partial charge is 0.489 e. The van der Waals surface area contributed by atoms with Crippen LogP contribution < -0.4 is 14.4 Å². The highest BCUT2D eigenvalue weighted by atomic mass is 16.5. The zero-order chi connectivity index (χ0) is 28.0. The molecule has 1 aliphatic heterocycles. The van der Waals surface area contributed by atoms with Crippen LogP contribution >= 0.6 is 0 Å². The molecule has 1 unspecified atom stereocenters. The maximum atomic E-state index is 14.5. The number of amides is 1. The standard InChI is InChI=1S/C36H32N2O3/c1-26-14-18-33-29(21-26)15-19-34(30-13-8-20-37-23-30)38(33)36(39)32-17-16-31(40-24-27-9-4-2-5-10-27)22-35(32)41-25-28-11-6-3-7-12-28/h2-14,16-18,20-23,34H,15,19,24-25H2,1H3. The number of aryl methyl sites for hydroxylation is 2. The van der Waals surface area contributed by atoms with Crippen LogP contribution in [-0.2, 0) is 19.6 Å². The molecule has 1 amide bonds. The minimum Gasteiger partial charge on any atom is -0.489 e. The first-order valence-corrected chi connectivity index (χ1v) is 14.0. The molecular weight excluding hydrogens is 508 g/mol. The van der Waals surface area contributed by atoms with E-state index in [1.807, 2.05) is 102 Å². The van der Waals surface area contributed by atoms with Crippen molar-refractivity contribution in [2.75, 3.05) is 4.90 Å². The Kier molecular flexibility index (Phi) is 7.76. The number of carbonyl (C=O) groups is 1. The van der Waals surface area contributed by atoms with E-state index in [4.69, 9.17) is 9.47 Å². The van der Waals surface area contributed by atoms with Gasteiger partial charge in [-0.2, -0.15) is 0 Å². The SMILES string of the molecule is Cc1ccc2c(c1)CCC(c1cccnc1)N2C(=O)c1ccc(OCc2ccccc2)cc1OCc1ccccc1. The van der Waals surface area contributed by atoms with Crippen LogP contribution in [-0.4, -0.2) is 10.9 Å².